The van der Waals surface area contributed by atoms with Crippen LogP contribution in [0.4, 0.5) is 14.6 Å². The largest absolute Gasteiger partial charge is 0.486 e. The van der Waals surface area contributed by atoms with E-state index in [1.807, 2.05) is 20.0 Å². The van der Waals surface area contributed by atoms with E-state index in [4.69, 9.17) is 14.6 Å². The lowest BCUT2D eigenvalue weighted by atomic mass is 10.0. The van der Waals surface area contributed by atoms with Crippen molar-refractivity contribution < 1.29 is 23.4 Å². The van der Waals surface area contributed by atoms with Gasteiger partial charge in [0, 0.05) is 30.5 Å². The zero-order valence-corrected chi connectivity index (χ0v) is 19.8. The minimum atomic E-state index is -3.31. The number of rotatable bonds is 7. The second-order valence-electron chi connectivity index (χ2n) is 8.88. The van der Waals surface area contributed by atoms with E-state index in [1.54, 1.807) is 29.9 Å². The van der Waals surface area contributed by atoms with Crippen LogP contribution in [0.15, 0.2) is 36.5 Å². The van der Waals surface area contributed by atoms with E-state index in [1.165, 1.54) is 12.1 Å². The smallest absolute Gasteiger partial charge is 0.295 e. The molecule has 1 aliphatic heterocycles. The van der Waals surface area contributed by atoms with Crippen LogP contribution in [0.5, 0.6) is 5.75 Å². The van der Waals surface area contributed by atoms with Gasteiger partial charge in [-0.05, 0) is 31.5 Å². The standard InChI is InChI=1S/C25H27F2N5O3/c1-14(16-5-4-6-17(9-16)25(26,27)13-33)29-24-19-10-21(35-18-7-8-34-12-18)23-20(11-28-32(23)3)22(19)30-15(2)31-24/h4-6,9-11,14,18,33H,7-8,12-13H2,1-3H3,(H,29,30,31)/t14-,18?/m1/s1. The number of halogens is 2. The van der Waals surface area contributed by atoms with Gasteiger partial charge in [-0.25, -0.2) is 9.97 Å². The molecule has 3 heterocycles. The van der Waals surface area contributed by atoms with Crippen LogP contribution in [0.1, 0.15) is 36.3 Å². The molecule has 0 amide bonds. The van der Waals surface area contributed by atoms with Crippen molar-refractivity contribution in [3.63, 3.8) is 0 Å². The van der Waals surface area contributed by atoms with Crippen molar-refractivity contribution in [2.45, 2.75) is 38.3 Å². The van der Waals surface area contributed by atoms with Crippen molar-refractivity contribution in [2.24, 2.45) is 7.05 Å². The number of aryl methyl sites for hydroxylation is 2. The number of nitrogens with zero attached hydrogens (tertiary/aromatic N) is 4. The minimum absolute atomic E-state index is 0.0526. The molecule has 0 spiro atoms. The van der Waals surface area contributed by atoms with Crippen molar-refractivity contribution in [3.05, 3.63) is 53.5 Å². The SMILES string of the molecule is Cc1nc(N[C@H](C)c2cccc(C(F)(F)CO)c2)c2cc(OC3CCOC3)c3c(cnn3C)c2n1. The summed E-state index contributed by atoms with van der Waals surface area (Å²) < 4.78 is 41.6. The molecule has 5 rings (SSSR count). The average molecular weight is 484 g/mol. The molecule has 0 radical (unpaired) electrons. The summed E-state index contributed by atoms with van der Waals surface area (Å²) >= 11 is 0. The van der Waals surface area contributed by atoms with E-state index >= 15 is 0 Å². The van der Waals surface area contributed by atoms with Crippen LogP contribution in [0.25, 0.3) is 21.8 Å². The molecule has 10 heteroatoms. The summed E-state index contributed by atoms with van der Waals surface area (Å²) in [4.78, 5) is 9.30. The summed E-state index contributed by atoms with van der Waals surface area (Å²) in [5, 5.41) is 18.4. The van der Waals surface area contributed by atoms with Gasteiger partial charge in [0.2, 0.25) is 0 Å². The lowest BCUT2D eigenvalue weighted by Gasteiger charge is -2.20. The molecule has 1 saturated heterocycles. The van der Waals surface area contributed by atoms with Gasteiger partial charge in [0.1, 0.15) is 35.6 Å². The summed E-state index contributed by atoms with van der Waals surface area (Å²) in [6, 6.07) is 7.59. The third-order valence-corrected chi connectivity index (χ3v) is 6.30. The molecule has 1 unspecified atom stereocenters. The van der Waals surface area contributed by atoms with Gasteiger partial charge in [0.05, 0.1) is 30.3 Å². The molecular formula is C25H27F2N5O3. The molecule has 1 aliphatic rings. The number of aromatic nitrogens is 4. The van der Waals surface area contributed by atoms with Crippen molar-refractivity contribution in [1.29, 1.82) is 0 Å². The molecule has 2 aromatic carbocycles. The Morgan fingerprint density at radius 2 is 2.11 bits per heavy atom. The maximum absolute atomic E-state index is 14.1. The molecule has 1 fully saturated rings. The Kier molecular flexibility index (Phi) is 6.02. The molecule has 8 nitrogen and oxygen atoms in total. The van der Waals surface area contributed by atoms with Gasteiger partial charge >= 0.3 is 0 Å². The highest BCUT2D eigenvalue weighted by atomic mass is 19.3. The molecule has 184 valence electrons. The van der Waals surface area contributed by atoms with Crippen molar-refractivity contribution in [3.8, 4) is 5.75 Å². The number of nitrogens with one attached hydrogen (secondary N) is 1. The zero-order chi connectivity index (χ0) is 24.7. The molecule has 2 atom stereocenters. The van der Waals surface area contributed by atoms with E-state index in [9.17, 15) is 8.78 Å². The maximum Gasteiger partial charge on any atom is 0.295 e. The summed E-state index contributed by atoms with van der Waals surface area (Å²) in [6.45, 7) is 3.62. The van der Waals surface area contributed by atoms with Crippen LogP contribution in [-0.2, 0) is 17.7 Å². The van der Waals surface area contributed by atoms with Crippen molar-refractivity contribution in [1.82, 2.24) is 19.7 Å². The maximum atomic E-state index is 14.1. The first-order valence-corrected chi connectivity index (χ1v) is 11.5. The van der Waals surface area contributed by atoms with Crippen LogP contribution in [-0.4, -0.2) is 50.8 Å². The Morgan fingerprint density at radius 1 is 1.29 bits per heavy atom. The van der Waals surface area contributed by atoms with Crippen molar-refractivity contribution >= 4 is 27.6 Å². The number of benzene rings is 2. The van der Waals surface area contributed by atoms with Crippen LogP contribution in [0, 0.1) is 6.92 Å². The predicted octanol–water partition coefficient (Wildman–Crippen LogP) is 4.25. The highest BCUT2D eigenvalue weighted by molar-refractivity contribution is 6.10. The first kappa shape index (κ1) is 23.4. The average Bonchev–Trinajstić information content (AvgIpc) is 3.50. The van der Waals surface area contributed by atoms with Crippen LogP contribution in [0.3, 0.4) is 0 Å². The number of hydrogen-bond acceptors (Lipinski definition) is 7. The molecule has 0 bridgehead atoms. The van der Waals surface area contributed by atoms with Crippen LogP contribution >= 0.6 is 0 Å². The molecule has 0 saturated carbocycles. The Labute approximate surface area is 200 Å². The van der Waals surface area contributed by atoms with Gasteiger partial charge < -0.3 is 19.9 Å². The first-order chi connectivity index (χ1) is 16.8. The number of anilines is 1. The van der Waals surface area contributed by atoms with Gasteiger partial charge in [-0.1, -0.05) is 18.2 Å². The van der Waals surface area contributed by atoms with E-state index in [-0.39, 0.29) is 17.7 Å². The topological polar surface area (TPSA) is 94.3 Å². The van der Waals surface area contributed by atoms with Gasteiger partial charge in [-0.15, -0.1) is 0 Å². The Hall–Kier alpha value is -3.37. The van der Waals surface area contributed by atoms with Gasteiger partial charge in [0.25, 0.3) is 5.92 Å². The number of fused-ring (bicyclic) bond motifs is 3. The normalized spacial score (nSPS) is 17.3. The Morgan fingerprint density at radius 3 is 2.86 bits per heavy atom. The second kappa shape index (κ2) is 9.01. The van der Waals surface area contributed by atoms with E-state index in [0.29, 0.717) is 36.2 Å². The number of hydrogen-bond donors (Lipinski definition) is 2. The molecular weight excluding hydrogens is 456 g/mol. The first-order valence-electron chi connectivity index (χ1n) is 11.5. The van der Waals surface area contributed by atoms with Crippen LogP contribution < -0.4 is 10.1 Å². The van der Waals surface area contributed by atoms with E-state index in [2.05, 4.69) is 20.4 Å². The highest BCUT2D eigenvalue weighted by Crippen LogP contribution is 2.37. The highest BCUT2D eigenvalue weighted by Gasteiger charge is 2.31. The lowest BCUT2D eigenvalue weighted by Crippen LogP contribution is -2.19. The molecule has 2 N–H and O–H groups in total. The second-order valence-corrected chi connectivity index (χ2v) is 8.88. The fraction of sp³-hybridized carbons (Fsp3) is 0.400. The number of ether oxygens (including phenoxy) is 2. The minimum Gasteiger partial charge on any atom is -0.486 e. The zero-order valence-electron chi connectivity index (χ0n) is 19.8. The molecule has 2 aromatic heterocycles. The summed E-state index contributed by atoms with van der Waals surface area (Å²) in [5.74, 6) is -1.51. The van der Waals surface area contributed by atoms with Gasteiger partial charge in [0.15, 0.2) is 0 Å². The van der Waals surface area contributed by atoms with Crippen LogP contribution in [0.2, 0.25) is 0 Å². The van der Waals surface area contributed by atoms with Gasteiger partial charge in [-0.2, -0.15) is 13.9 Å². The molecule has 4 aromatic rings. The third-order valence-electron chi connectivity index (χ3n) is 6.30. The lowest BCUT2D eigenvalue weighted by molar-refractivity contribution is -0.0556. The van der Waals surface area contributed by atoms with E-state index in [0.717, 1.165) is 28.2 Å². The third kappa shape index (κ3) is 4.39. The number of alkyl halides is 2. The fourth-order valence-electron chi connectivity index (χ4n) is 4.43. The van der Waals surface area contributed by atoms with Crippen molar-refractivity contribution in [2.75, 3.05) is 25.1 Å². The molecule has 35 heavy (non-hydrogen) atoms. The Balaban J connectivity index is 1.57. The van der Waals surface area contributed by atoms with E-state index < -0.39 is 12.5 Å². The molecule has 0 aliphatic carbocycles. The summed E-state index contributed by atoms with van der Waals surface area (Å²) in [6.07, 6.45) is 2.51. The quantitative estimate of drug-likeness (QED) is 0.406. The summed E-state index contributed by atoms with van der Waals surface area (Å²) in [7, 11) is 1.86. The fourth-order valence-corrected chi connectivity index (χ4v) is 4.43. The predicted molar refractivity (Wildman–Crippen MR) is 128 cm³/mol. The Bertz CT molecular complexity index is 1380. The number of aliphatic hydroxyl groups excluding tert-OH is 1. The monoisotopic (exact) mass is 483 g/mol. The summed E-state index contributed by atoms with van der Waals surface area (Å²) in [5.41, 5.74) is 1.97. The van der Waals surface area contributed by atoms with Gasteiger partial charge in [-0.3, -0.25) is 4.68 Å². The number of aliphatic hydroxyl groups is 1.